The molecule has 2 aliphatic rings. The van der Waals surface area contributed by atoms with Gasteiger partial charge >= 0.3 is 6.03 Å². The molecule has 0 aliphatic carbocycles. The number of carbonyl (C=O) groups excluding carboxylic acids is 2. The van der Waals surface area contributed by atoms with E-state index in [-0.39, 0.29) is 12.2 Å². The maximum atomic E-state index is 12.7. The fraction of sp³-hybridized carbons (Fsp3) is 0.360. The van der Waals surface area contributed by atoms with Crippen LogP contribution in [0.25, 0.3) is 6.08 Å². The number of aliphatic hydroxyl groups is 1. The van der Waals surface area contributed by atoms with Crippen LogP contribution >= 0.6 is 11.6 Å². The number of β-amino-alcohol motifs (C(OH)–C–C–N with tert-alkyl or cyclic N) is 1. The SMILES string of the molecule is CCOc1ccccc1N1CCN(CC(O)CN2C(=O)NC(=Cc3ccc(Cl)cc3)C2=O)CC1. The quantitative estimate of drug-likeness (QED) is 0.442. The summed E-state index contributed by atoms with van der Waals surface area (Å²) in [6.07, 6.45) is 0.759. The number of benzene rings is 2. The highest BCUT2D eigenvalue weighted by atomic mass is 35.5. The van der Waals surface area contributed by atoms with Crippen molar-refractivity contribution in [3.63, 3.8) is 0 Å². The number of ether oxygens (including phenoxy) is 1. The Balaban J connectivity index is 1.30. The van der Waals surface area contributed by atoms with Crippen molar-refractivity contribution in [2.24, 2.45) is 0 Å². The molecule has 2 saturated heterocycles. The van der Waals surface area contributed by atoms with Gasteiger partial charge in [0, 0.05) is 37.7 Å². The van der Waals surface area contributed by atoms with Crippen LogP contribution in [-0.4, -0.2) is 78.8 Å². The summed E-state index contributed by atoms with van der Waals surface area (Å²) in [5, 5.41) is 13.8. The van der Waals surface area contributed by atoms with Gasteiger partial charge in [0.05, 0.1) is 24.9 Å². The third-order valence-corrected chi connectivity index (χ3v) is 6.14. The van der Waals surface area contributed by atoms with Gasteiger partial charge in [-0.1, -0.05) is 35.9 Å². The van der Waals surface area contributed by atoms with Gasteiger partial charge in [-0.2, -0.15) is 0 Å². The third-order valence-electron chi connectivity index (χ3n) is 5.88. The highest BCUT2D eigenvalue weighted by Gasteiger charge is 2.35. The number of piperazine rings is 1. The van der Waals surface area contributed by atoms with Crippen LogP contribution in [0.1, 0.15) is 12.5 Å². The van der Waals surface area contributed by atoms with E-state index >= 15 is 0 Å². The number of anilines is 1. The Bertz CT molecular complexity index is 1050. The van der Waals surface area contributed by atoms with E-state index in [1.165, 1.54) is 0 Å². The fourth-order valence-corrected chi connectivity index (χ4v) is 4.32. The van der Waals surface area contributed by atoms with Crippen molar-refractivity contribution in [3.05, 3.63) is 64.8 Å². The summed E-state index contributed by atoms with van der Waals surface area (Å²) in [6.45, 7) is 6.03. The van der Waals surface area contributed by atoms with Crippen LogP contribution in [0.4, 0.5) is 10.5 Å². The first-order valence-electron chi connectivity index (χ1n) is 11.4. The van der Waals surface area contributed by atoms with Crippen LogP contribution < -0.4 is 15.0 Å². The third kappa shape index (κ3) is 5.70. The Morgan fingerprint density at radius 2 is 1.76 bits per heavy atom. The lowest BCUT2D eigenvalue weighted by molar-refractivity contribution is -0.124. The molecule has 2 aliphatic heterocycles. The first-order valence-corrected chi connectivity index (χ1v) is 11.8. The number of hydrogen-bond acceptors (Lipinski definition) is 6. The summed E-state index contributed by atoms with van der Waals surface area (Å²) in [6, 6.07) is 14.4. The Kier molecular flexibility index (Phi) is 7.72. The molecule has 2 heterocycles. The number of nitrogens with one attached hydrogen (secondary N) is 1. The van der Waals surface area contributed by atoms with Crippen LogP contribution in [0.5, 0.6) is 5.75 Å². The molecule has 180 valence electrons. The summed E-state index contributed by atoms with van der Waals surface area (Å²) >= 11 is 5.89. The van der Waals surface area contributed by atoms with E-state index in [0.29, 0.717) is 18.2 Å². The number of para-hydroxylation sites is 2. The number of imide groups is 1. The van der Waals surface area contributed by atoms with E-state index in [1.807, 2.05) is 25.1 Å². The zero-order chi connectivity index (χ0) is 24.1. The smallest absolute Gasteiger partial charge is 0.329 e. The summed E-state index contributed by atoms with van der Waals surface area (Å²) in [5.74, 6) is 0.427. The standard InChI is InChI=1S/C25H29ClN4O4/c1-2-34-23-6-4-3-5-22(23)29-13-11-28(12-14-29)16-20(31)17-30-24(32)21(27-25(30)33)15-18-7-9-19(26)10-8-18/h3-10,15,20,31H,2,11-14,16-17H2,1H3,(H,27,33). The highest BCUT2D eigenvalue weighted by Crippen LogP contribution is 2.28. The predicted octanol–water partition coefficient (Wildman–Crippen LogP) is 2.81. The van der Waals surface area contributed by atoms with Gasteiger partial charge in [0.25, 0.3) is 5.91 Å². The van der Waals surface area contributed by atoms with Crippen LogP contribution in [0.2, 0.25) is 5.02 Å². The number of nitrogens with zero attached hydrogens (tertiary/aromatic N) is 3. The average Bonchev–Trinajstić information content (AvgIpc) is 3.09. The van der Waals surface area contributed by atoms with Crippen molar-refractivity contribution in [2.45, 2.75) is 13.0 Å². The van der Waals surface area contributed by atoms with Gasteiger partial charge in [0.15, 0.2) is 0 Å². The second-order valence-electron chi connectivity index (χ2n) is 8.30. The molecule has 0 radical (unpaired) electrons. The van der Waals surface area contributed by atoms with Gasteiger partial charge in [0.2, 0.25) is 0 Å². The number of rotatable bonds is 8. The van der Waals surface area contributed by atoms with Crippen molar-refractivity contribution in [2.75, 3.05) is 50.8 Å². The monoisotopic (exact) mass is 484 g/mol. The first kappa shape index (κ1) is 24.1. The summed E-state index contributed by atoms with van der Waals surface area (Å²) in [7, 11) is 0. The lowest BCUT2D eigenvalue weighted by Gasteiger charge is -2.37. The van der Waals surface area contributed by atoms with Gasteiger partial charge in [-0.25, -0.2) is 4.79 Å². The molecule has 34 heavy (non-hydrogen) atoms. The molecule has 0 bridgehead atoms. The summed E-state index contributed by atoms with van der Waals surface area (Å²) in [4.78, 5) is 30.5. The number of carbonyl (C=O) groups is 2. The summed E-state index contributed by atoms with van der Waals surface area (Å²) in [5.41, 5.74) is 2.00. The zero-order valence-corrected chi connectivity index (χ0v) is 19.9. The number of hydrogen-bond donors (Lipinski definition) is 2. The van der Waals surface area contributed by atoms with E-state index in [4.69, 9.17) is 16.3 Å². The molecule has 0 aromatic heterocycles. The molecule has 9 heteroatoms. The van der Waals surface area contributed by atoms with Crippen LogP contribution in [-0.2, 0) is 4.79 Å². The Morgan fingerprint density at radius 3 is 2.47 bits per heavy atom. The molecule has 1 atom stereocenters. The van der Waals surface area contributed by atoms with E-state index in [9.17, 15) is 14.7 Å². The molecular formula is C25H29ClN4O4. The molecule has 0 saturated carbocycles. The summed E-state index contributed by atoms with van der Waals surface area (Å²) < 4.78 is 5.75. The largest absolute Gasteiger partial charge is 0.492 e. The van der Waals surface area contributed by atoms with Gasteiger partial charge in [-0.05, 0) is 42.8 Å². The van der Waals surface area contributed by atoms with E-state index < -0.39 is 18.0 Å². The Labute approximate surface area is 204 Å². The number of amides is 3. The van der Waals surface area contributed by atoms with Crippen molar-refractivity contribution < 1.29 is 19.4 Å². The molecule has 2 aromatic rings. The van der Waals surface area contributed by atoms with E-state index in [0.717, 1.165) is 48.1 Å². The minimum Gasteiger partial charge on any atom is -0.492 e. The fourth-order valence-electron chi connectivity index (χ4n) is 4.20. The van der Waals surface area contributed by atoms with Crippen molar-refractivity contribution in [3.8, 4) is 5.75 Å². The van der Waals surface area contributed by atoms with Crippen LogP contribution in [0, 0.1) is 0 Å². The molecule has 2 fully saturated rings. The highest BCUT2D eigenvalue weighted by molar-refractivity contribution is 6.30. The number of aliphatic hydroxyl groups excluding tert-OH is 1. The van der Waals surface area contributed by atoms with E-state index in [2.05, 4.69) is 21.2 Å². The molecule has 2 N–H and O–H groups in total. The first-order chi connectivity index (χ1) is 16.4. The molecule has 0 spiro atoms. The lowest BCUT2D eigenvalue weighted by atomic mass is 10.2. The molecule has 1 unspecified atom stereocenters. The van der Waals surface area contributed by atoms with Gasteiger partial charge in [-0.15, -0.1) is 0 Å². The minimum atomic E-state index is -0.841. The maximum Gasteiger partial charge on any atom is 0.329 e. The lowest BCUT2D eigenvalue weighted by Crippen LogP contribution is -2.50. The van der Waals surface area contributed by atoms with Crippen molar-refractivity contribution >= 4 is 35.3 Å². The Morgan fingerprint density at radius 1 is 1.06 bits per heavy atom. The van der Waals surface area contributed by atoms with Crippen LogP contribution in [0.15, 0.2) is 54.2 Å². The van der Waals surface area contributed by atoms with Gasteiger partial charge < -0.3 is 20.1 Å². The Hall–Kier alpha value is -3.07. The second-order valence-corrected chi connectivity index (χ2v) is 8.73. The molecule has 4 rings (SSSR count). The van der Waals surface area contributed by atoms with Crippen LogP contribution in [0.3, 0.4) is 0 Å². The minimum absolute atomic E-state index is 0.0595. The normalized spacial score (nSPS) is 19.0. The van der Waals surface area contributed by atoms with Gasteiger partial charge in [-0.3, -0.25) is 14.6 Å². The maximum absolute atomic E-state index is 12.7. The van der Waals surface area contributed by atoms with Crippen molar-refractivity contribution in [1.82, 2.24) is 15.1 Å². The molecule has 2 aromatic carbocycles. The molecule has 3 amide bonds. The number of halogens is 1. The molecular weight excluding hydrogens is 456 g/mol. The van der Waals surface area contributed by atoms with E-state index in [1.54, 1.807) is 30.3 Å². The second kappa shape index (κ2) is 10.9. The zero-order valence-electron chi connectivity index (χ0n) is 19.1. The predicted molar refractivity (Wildman–Crippen MR) is 132 cm³/mol. The number of urea groups is 1. The average molecular weight is 485 g/mol. The molecule has 8 nitrogen and oxygen atoms in total. The topological polar surface area (TPSA) is 85.3 Å². The van der Waals surface area contributed by atoms with Crippen molar-refractivity contribution in [1.29, 1.82) is 0 Å². The van der Waals surface area contributed by atoms with Gasteiger partial charge in [0.1, 0.15) is 11.4 Å².